The Morgan fingerprint density at radius 2 is 2.06 bits per heavy atom. The molecule has 4 nitrogen and oxygen atoms in total. The molecule has 0 aliphatic heterocycles. The maximum Gasteiger partial charge on any atom is 0.224 e. The number of nitrogens with zero attached hydrogens (tertiary/aromatic N) is 1. The van der Waals surface area contributed by atoms with Crippen LogP contribution in [0.2, 0.25) is 5.02 Å². The van der Waals surface area contributed by atoms with Crippen molar-refractivity contribution >= 4 is 28.9 Å². The third-order valence-electron chi connectivity index (χ3n) is 2.82. The molecule has 0 saturated heterocycles. The van der Waals surface area contributed by atoms with Gasteiger partial charge in [-0.25, -0.2) is 0 Å². The van der Waals surface area contributed by atoms with Crippen LogP contribution in [0.15, 0.2) is 18.2 Å². The molecule has 5 heteroatoms. The molecule has 1 aromatic carbocycles. The van der Waals surface area contributed by atoms with Crippen molar-refractivity contribution in [3.63, 3.8) is 0 Å². The Kier molecular flexibility index (Phi) is 5.78. The zero-order valence-electron chi connectivity index (χ0n) is 10.9. The van der Waals surface area contributed by atoms with Gasteiger partial charge in [0.05, 0.1) is 16.4 Å². The Balaban J connectivity index is 2.47. The topological polar surface area (TPSA) is 58.4 Å². The third-order valence-corrected chi connectivity index (χ3v) is 3.15. The van der Waals surface area contributed by atoms with Crippen LogP contribution in [0.5, 0.6) is 0 Å². The van der Waals surface area contributed by atoms with Crippen molar-refractivity contribution in [1.29, 1.82) is 0 Å². The predicted octanol–water partition coefficient (Wildman–Crippen LogP) is 2.59. The summed E-state index contributed by atoms with van der Waals surface area (Å²) in [6, 6.07) is 5.42. The van der Waals surface area contributed by atoms with E-state index >= 15 is 0 Å². The van der Waals surface area contributed by atoms with Gasteiger partial charge < -0.3 is 16.0 Å². The minimum absolute atomic E-state index is 0.146. The molecule has 3 N–H and O–H groups in total. The number of nitrogens with one attached hydrogen (secondary N) is 1. The number of rotatable bonds is 6. The Hall–Kier alpha value is -1.42. The number of hydrogen-bond acceptors (Lipinski definition) is 3. The minimum atomic E-state index is 0.146. The molecule has 0 atom stereocenters. The fourth-order valence-electron chi connectivity index (χ4n) is 1.73. The summed E-state index contributed by atoms with van der Waals surface area (Å²) < 4.78 is 0. The average molecular weight is 270 g/mol. The monoisotopic (exact) mass is 269 g/mol. The van der Waals surface area contributed by atoms with Crippen molar-refractivity contribution in [1.82, 2.24) is 4.90 Å². The Morgan fingerprint density at radius 3 is 2.67 bits per heavy atom. The third kappa shape index (κ3) is 3.81. The van der Waals surface area contributed by atoms with E-state index in [4.69, 9.17) is 17.3 Å². The van der Waals surface area contributed by atoms with Crippen LogP contribution in [0, 0.1) is 0 Å². The second kappa shape index (κ2) is 7.11. The van der Waals surface area contributed by atoms with E-state index in [0.717, 1.165) is 18.8 Å². The van der Waals surface area contributed by atoms with Crippen molar-refractivity contribution < 1.29 is 4.79 Å². The van der Waals surface area contributed by atoms with Gasteiger partial charge in [0.2, 0.25) is 5.91 Å². The molecular weight excluding hydrogens is 250 g/mol. The van der Waals surface area contributed by atoms with Crippen molar-refractivity contribution in [3.05, 3.63) is 23.2 Å². The second-order valence-electron chi connectivity index (χ2n) is 3.94. The lowest BCUT2D eigenvalue weighted by Gasteiger charge is -2.19. The predicted molar refractivity (Wildman–Crippen MR) is 76.9 cm³/mol. The molecule has 0 aliphatic rings. The zero-order chi connectivity index (χ0) is 13.5. The summed E-state index contributed by atoms with van der Waals surface area (Å²) in [5, 5.41) is 3.65. The lowest BCUT2D eigenvalue weighted by Crippen LogP contribution is -2.31. The number of halogens is 1. The van der Waals surface area contributed by atoms with E-state index in [0.29, 0.717) is 23.7 Å². The number of nitrogens with two attached hydrogens (primary N) is 1. The first-order valence-corrected chi connectivity index (χ1v) is 6.53. The van der Waals surface area contributed by atoms with Gasteiger partial charge >= 0.3 is 0 Å². The number of anilines is 2. The smallest absolute Gasteiger partial charge is 0.224 e. The Morgan fingerprint density at radius 1 is 1.39 bits per heavy atom. The van der Waals surface area contributed by atoms with Crippen LogP contribution in [0.4, 0.5) is 11.4 Å². The highest BCUT2D eigenvalue weighted by Gasteiger charge is 2.09. The van der Waals surface area contributed by atoms with E-state index < -0.39 is 0 Å². The van der Waals surface area contributed by atoms with Crippen molar-refractivity contribution in [2.45, 2.75) is 20.3 Å². The molecule has 0 aliphatic carbocycles. The number of amides is 1. The summed E-state index contributed by atoms with van der Waals surface area (Å²) in [6.07, 6.45) is 0.452. The highest BCUT2D eigenvalue weighted by atomic mass is 35.5. The highest BCUT2D eigenvalue weighted by Crippen LogP contribution is 2.26. The van der Waals surface area contributed by atoms with E-state index in [1.54, 1.807) is 6.07 Å². The molecule has 0 saturated carbocycles. The lowest BCUT2D eigenvalue weighted by atomic mass is 10.2. The first-order chi connectivity index (χ1) is 8.60. The Bertz CT molecular complexity index is 405. The first-order valence-electron chi connectivity index (χ1n) is 6.15. The van der Waals surface area contributed by atoms with Gasteiger partial charge in [0, 0.05) is 26.1 Å². The molecule has 18 heavy (non-hydrogen) atoms. The molecule has 1 rings (SSSR count). The summed E-state index contributed by atoms with van der Waals surface area (Å²) in [7, 11) is 0. The summed E-state index contributed by atoms with van der Waals surface area (Å²) in [6.45, 7) is 6.00. The van der Waals surface area contributed by atoms with Crippen molar-refractivity contribution in [3.8, 4) is 0 Å². The lowest BCUT2D eigenvalue weighted by molar-refractivity contribution is -0.130. The van der Waals surface area contributed by atoms with Gasteiger partial charge in [0.25, 0.3) is 0 Å². The Labute approximate surface area is 113 Å². The minimum Gasteiger partial charge on any atom is -0.396 e. The van der Waals surface area contributed by atoms with Crippen LogP contribution in [0.3, 0.4) is 0 Å². The number of hydrogen-bond donors (Lipinski definition) is 2. The van der Waals surface area contributed by atoms with Gasteiger partial charge in [-0.3, -0.25) is 4.79 Å². The number of carbonyl (C=O) groups excluding carboxylic acids is 1. The van der Waals surface area contributed by atoms with Gasteiger partial charge in [0.15, 0.2) is 0 Å². The zero-order valence-corrected chi connectivity index (χ0v) is 11.6. The first kappa shape index (κ1) is 14.6. The molecule has 0 radical (unpaired) electrons. The SMILES string of the molecule is CCN(CC)C(=O)CCNc1cccc(Cl)c1N. The van der Waals surface area contributed by atoms with Crippen LogP contribution < -0.4 is 11.1 Å². The highest BCUT2D eigenvalue weighted by molar-refractivity contribution is 6.33. The summed E-state index contributed by atoms with van der Waals surface area (Å²) in [5.74, 6) is 0.146. The number of nitrogen functional groups attached to an aromatic ring is 1. The maximum atomic E-state index is 11.8. The molecule has 1 amide bonds. The van der Waals surface area contributed by atoms with Crippen LogP contribution >= 0.6 is 11.6 Å². The molecule has 1 aromatic rings. The molecule has 0 unspecified atom stereocenters. The van der Waals surface area contributed by atoms with E-state index in [1.807, 2.05) is 30.9 Å². The maximum absolute atomic E-state index is 11.8. The van der Waals surface area contributed by atoms with E-state index in [1.165, 1.54) is 0 Å². The van der Waals surface area contributed by atoms with Crippen molar-refractivity contribution in [2.75, 3.05) is 30.7 Å². The number of benzene rings is 1. The van der Waals surface area contributed by atoms with Crippen LogP contribution in [-0.4, -0.2) is 30.4 Å². The van der Waals surface area contributed by atoms with Gasteiger partial charge in [0.1, 0.15) is 0 Å². The van der Waals surface area contributed by atoms with E-state index in [-0.39, 0.29) is 5.91 Å². The standard InChI is InChI=1S/C13H20ClN3O/c1-3-17(4-2)12(18)8-9-16-11-7-5-6-10(14)13(11)15/h5-7,16H,3-4,8-9,15H2,1-2H3. The van der Waals surface area contributed by atoms with Gasteiger partial charge in [-0.05, 0) is 26.0 Å². The summed E-state index contributed by atoms with van der Waals surface area (Å²) >= 11 is 5.91. The van der Waals surface area contributed by atoms with Gasteiger partial charge in [-0.1, -0.05) is 17.7 Å². The summed E-state index contributed by atoms with van der Waals surface area (Å²) in [5.41, 5.74) is 7.12. The normalized spacial score (nSPS) is 10.2. The van der Waals surface area contributed by atoms with Crippen LogP contribution in [0.25, 0.3) is 0 Å². The fourth-order valence-corrected chi connectivity index (χ4v) is 1.90. The molecule has 0 bridgehead atoms. The van der Waals surface area contributed by atoms with Gasteiger partial charge in [-0.2, -0.15) is 0 Å². The summed E-state index contributed by atoms with van der Waals surface area (Å²) in [4.78, 5) is 13.6. The molecule has 0 fully saturated rings. The number of carbonyl (C=O) groups is 1. The molecule has 0 spiro atoms. The average Bonchev–Trinajstić information content (AvgIpc) is 2.36. The van der Waals surface area contributed by atoms with Crippen LogP contribution in [-0.2, 0) is 4.79 Å². The largest absolute Gasteiger partial charge is 0.396 e. The number of para-hydroxylation sites is 1. The second-order valence-corrected chi connectivity index (χ2v) is 4.35. The molecule has 0 aromatic heterocycles. The molecule has 100 valence electrons. The van der Waals surface area contributed by atoms with Gasteiger partial charge in [-0.15, -0.1) is 0 Å². The quantitative estimate of drug-likeness (QED) is 0.781. The molecule has 0 heterocycles. The van der Waals surface area contributed by atoms with Crippen LogP contribution in [0.1, 0.15) is 20.3 Å². The van der Waals surface area contributed by atoms with E-state index in [9.17, 15) is 4.79 Å². The fraction of sp³-hybridized carbons (Fsp3) is 0.462. The van der Waals surface area contributed by atoms with Crippen molar-refractivity contribution in [2.24, 2.45) is 0 Å². The van der Waals surface area contributed by atoms with E-state index in [2.05, 4.69) is 5.32 Å². The molecular formula is C13H20ClN3O.